The number of rotatable bonds is 4. The molecule has 0 aromatic carbocycles. The highest BCUT2D eigenvalue weighted by atomic mass is 16.4. The van der Waals surface area contributed by atoms with Crippen molar-refractivity contribution in [2.75, 3.05) is 18.0 Å². The number of hydrogen-bond donors (Lipinski definition) is 1. The predicted octanol–water partition coefficient (Wildman–Crippen LogP) is 1.87. The van der Waals surface area contributed by atoms with Gasteiger partial charge >= 0.3 is 5.97 Å². The Kier molecular flexibility index (Phi) is 3.50. The molecule has 1 aliphatic rings. The number of aliphatic carboxylic acids is 1. The molecule has 1 aromatic heterocycles. The van der Waals surface area contributed by atoms with E-state index in [0.29, 0.717) is 13.0 Å². The van der Waals surface area contributed by atoms with Crippen LogP contribution in [0.25, 0.3) is 0 Å². The molecule has 0 spiro atoms. The summed E-state index contributed by atoms with van der Waals surface area (Å²) in [6, 6.07) is 1.84. The van der Waals surface area contributed by atoms with Crippen molar-refractivity contribution in [1.29, 1.82) is 0 Å². The van der Waals surface area contributed by atoms with Gasteiger partial charge in [-0.3, -0.25) is 4.79 Å². The van der Waals surface area contributed by atoms with E-state index in [0.717, 1.165) is 31.0 Å². The van der Waals surface area contributed by atoms with Crippen LogP contribution in [0.3, 0.4) is 0 Å². The van der Waals surface area contributed by atoms with E-state index in [4.69, 9.17) is 0 Å². The molecule has 1 aliphatic heterocycles. The average molecular weight is 249 g/mol. The van der Waals surface area contributed by atoms with E-state index in [2.05, 4.69) is 14.9 Å². The largest absolute Gasteiger partial charge is 0.481 e. The van der Waals surface area contributed by atoms with Gasteiger partial charge in [0.1, 0.15) is 11.6 Å². The molecule has 2 rings (SSSR count). The molecule has 0 saturated carbocycles. The van der Waals surface area contributed by atoms with Gasteiger partial charge in [-0.1, -0.05) is 13.3 Å². The quantitative estimate of drug-likeness (QED) is 0.882. The molecule has 0 aliphatic carbocycles. The number of carbonyl (C=O) groups is 1. The molecule has 2 heterocycles. The minimum atomic E-state index is -0.683. The molecule has 1 N–H and O–H groups in total. The van der Waals surface area contributed by atoms with Gasteiger partial charge in [0.05, 0.1) is 5.41 Å². The van der Waals surface area contributed by atoms with Crippen LogP contribution in [0.1, 0.15) is 32.0 Å². The van der Waals surface area contributed by atoms with Gasteiger partial charge in [0.15, 0.2) is 0 Å². The predicted molar refractivity (Wildman–Crippen MR) is 68.6 cm³/mol. The summed E-state index contributed by atoms with van der Waals surface area (Å²) >= 11 is 0. The van der Waals surface area contributed by atoms with Crippen LogP contribution in [0.5, 0.6) is 0 Å². The minimum Gasteiger partial charge on any atom is -0.481 e. The van der Waals surface area contributed by atoms with Gasteiger partial charge in [-0.15, -0.1) is 0 Å². The number of aromatic nitrogens is 2. The van der Waals surface area contributed by atoms with Gasteiger partial charge in [-0.05, 0) is 25.8 Å². The van der Waals surface area contributed by atoms with E-state index in [1.54, 1.807) is 6.20 Å². The highest BCUT2D eigenvalue weighted by Gasteiger charge is 2.44. The van der Waals surface area contributed by atoms with E-state index in [-0.39, 0.29) is 0 Å². The zero-order chi connectivity index (χ0) is 13.2. The van der Waals surface area contributed by atoms with Crippen LogP contribution < -0.4 is 4.90 Å². The molecule has 1 fully saturated rings. The molecule has 5 nitrogen and oxygen atoms in total. The maximum absolute atomic E-state index is 11.5. The summed E-state index contributed by atoms with van der Waals surface area (Å²) in [4.78, 5) is 22.0. The lowest BCUT2D eigenvalue weighted by Crippen LogP contribution is -2.34. The van der Waals surface area contributed by atoms with Gasteiger partial charge < -0.3 is 10.0 Å². The third-order valence-corrected chi connectivity index (χ3v) is 3.62. The van der Waals surface area contributed by atoms with Crippen molar-refractivity contribution in [3.05, 3.63) is 18.1 Å². The van der Waals surface area contributed by atoms with Crippen LogP contribution in [0.4, 0.5) is 5.82 Å². The Hall–Kier alpha value is -1.65. The zero-order valence-electron chi connectivity index (χ0n) is 10.9. The van der Waals surface area contributed by atoms with Gasteiger partial charge in [0.25, 0.3) is 0 Å². The molecule has 0 bridgehead atoms. The molecule has 98 valence electrons. The minimum absolute atomic E-state index is 0.548. The van der Waals surface area contributed by atoms with Crippen molar-refractivity contribution in [2.45, 2.75) is 33.1 Å². The Labute approximate surface area is 107 Å². The van der Waals surface area contributed by atoms with E-state index in [9.17, 15) is 9.90 Å². The fraction of sp³-hybridized carbons (Fsp3) is 0.615. The highest BCUT2D eigenvalue weighted by molar-refractivity contribution is 5.76. The molecule has 0 amide bonds. The van der Waals surface area contributed by atoms with E-state index >= 15 is 0 Å². The molecular formula is C13H19N3O2. The zero-order valence-corrected chi connectivity index (χ0v) is 10.9. The lowest BCUT2D eigenvalue weighted by Gasteiger charge is -2.24. The van der Waals surface area contributed by atoms with Crippen LogP contribution in [0.15, 0.2) is 12.3 Å². The number of hydrogen-bond acceptors (Lipinski definition) is 4. The van der Waals surface area contributed by atoms with Crippen LogP contribution in [0.2, 0.25) is 0 Å². The Bertz CT molecular complexity index is 450. The summed E-state index contributed by atoms with van der Waals surface area (Å²) in [6.45, 7) is 5.17. The maximum Gasteiger partial charge on any atom is 0.311 e. The molecule has 0 radical (unpaired) electrons. The molecule has 18 heavy (non-hydrogen) atoms. The van der Waals surface area contributed by atoms with E-state index < -0.39 is 11.4 Å². The first kappa shape index (κ1) is 12.8. The van der Waals surface area contributed by atoms with Crippen LogP contribution in [0, 0.1) is 12.3 Å². The fourth-order valence-corrected chi connectivity index (χ4v) is 2.65. The van der Waals surface area contributed by atoms with Crippen molar-refractivity contribution >= 4 is 11.8 Å². The Morgan fingerprint density at radius 1 is 1.61 bits per heavy atom. The Morgan fingerprint density at radius 3 is 3.00 bits per heavy atom. The lowest BCUT2D eigenvalue weighted by molar-refractivity contribution is -0.148. The molecule has 1 aromatic rings. The summed E-state index contributed by atoms with van der Waals surface area (Å²) < 4.78 is 0. The van der Waals surface area contributed by atoms with Crippen molar-refractivity contribution in [3.8, 4) is 0 Å². The third-order valence-electron chi connectivity index (χ3n) is 3.62. The Morgan fingerprint density at radius 2 is 2.39 bits per heavy atom. The monoisotopic (exact) mass is 249 g/mol. The summed E-state index contributed by atoms with van der Waals surface area (Å²) in [5, 5.41) is 9.45. The average Bonchev–Trinajstić information content (AvgIpc) is 2.75. The summed E-state index contributed by atoms with van der Waals surface area (Å²) in [6.07, 6.45) is 4.03. The number of aryl methyl sites for hydroxylation is 1. The second kappa shape index (κ2) is 4.92. The summed E-state index contributed by atoms with van der Waals surface area (Å²) in [5.41, 5.74) is -0.604. The summed E-state index contributed by atoms with van der Waals surface area (Å²) in [7, 11) is 0. The van der Waals surface area contributed by atoms with Crippen molar-refractivity contribution < 1.29 is 9.90 Å². The van der Waals surface area contributed by atoms with Crippen molar-refractivity contribution in [2.24, 2.45) is 5.41 Å². The van der Waals surface area contributed by atoms with E-state index in [1.807, 2.05) is 19.9 Å². The van der Waals surface area contributed by atoms with Gasteiger partial charge in [0, 0.05) is 19.3 Å². The molecule has 1 atom stereocenters. The maximum atomic E-state index is 11.5. The first-order chi connectivity index (χ1) is 8.57. The first-order valence-corrected chi connectivity index (χ1v) is 6.35. The number of nitrogens with zero attached hydrogens (tertiary/aromatic N) is 3. The molecule has 1 unspecified atom stereocenters. The highest BCUT2D eigenvalue weighted by Crippen LogP contribution is 2.37. The lowest BCUT2D eigenvalue weighted by atomic mass is 9.83. The van der Waals surface area contributed by atoms with Gasteiger partial charge in [-0.25, -0.2) is 9.97 Å². The Balaban J connectivity index is 2.18. The smallest absolute Gasteiger partial charge is 0.311 e. The van der Waals surface area contributed by atoms with Crippen molar-refractivity contribution in [1.82, 2.24) is 9.97 Å². The van der Waals surface area contributed by atoms with Gasteiger partial charge in [0.2, 0.25) is 0 Å². The number of carboxylic acids is 1. The normalized spacial score (nSPS) is 23.3. The SMILES string of the molecule is CCCC1(C(=O)O)CCN(c2ccnc(C)n2)C1. The van der Waals surface area contributed by atoms with Crippen LogP contribution in [-0.4, -0.2) is 34.1 Å². The second-order valence-corrected chi connectivity index (χ2v) is 4.97. The van der Waals surface area contributed by atoms with Gasteiger partial charge in [-0.2, -0.15) is 0 Å². The molecule has 5 heteroatoms. The molecular weight excluding hydrogens is 230 g/mol. The second-order valence-electron chi connectivity index (χ2n) is 4.97. The summed E-state index contributed by atoms with van der Waals surface area (Å²) in [5.74, 6) is 0.871. The topological polar surface area (TPSA) is 66.3 Å². The van der Waals surface area contributed by atoms with Crippen LogP contribution >= 0.6 is 0 Å². The van der Waals surface area contributed by atoms with E-state index in [1.165, 1.54) is 0 Å². The third kappa shape index (κ3) is 2.30. The number of anilines is 1. The standard InChI is InChI=1S/C13H19N3O2/c1-3-5-13(12(17)18)6-8-16(9-13)11-4-7-14-10(2)15-11/h4,7H,3,5-6,8-9H2,1-2H3,(H,17,18). The first-order valence-electron chi connectivity index (χ1n) is 6.35. The van der Waals surface area contributed by atoms with Crippen molar-refractivity contribution in [3.63, 3.8) is 0 Å². The fourth-order valence-electron chi connectivity index (χ4n) is 2.65. The number of carboxylic acid groups (broad SMARTS) is 1. The molecule has 1 saturated heterocycles. The van der Waals surface area contributed by atoms with Crippen LogP contribution in [-0.2, 0) is 4.79 Å².